The van der Waals surface area contributed by atoms with E-state index in [4.69, 9.17) is 0 Å². The Kier molecular flexibility index (Phi) is 4.82. The maximum Gasteiger partial charge on any atom is 0.191 e. The third-order valence-electron chi connectivity index (χ3n) is 2.12. The van der Waals surface area contributed by atoms with Gasteiger partial charge in [-0.2, -0.15) is 0 Å². The van der Waals surface area contributed by atoms with Gasteiger partial charge in [-0.1, -0.05) is 35.7 Å². The third-order valence-corrected chi connectivity index (χ3v) is 4.10. The van der Waals surface area contributed by atoms with Gasteiger partial charge >= 0.3 is 0 Å². The monoisotopic (exact) mass is 282 g/mol. The molecule has 2 aromatic rings. The van der Waals surface area contributed by atoms with Crippen molar-refractivity contribution in [1.29, 1.82) is 0 Å². The van der Waals surface area contributed by atoms with Gasteiger partial charge in [-0.05, 0) is 0 Å². The fourth-order valence-electron chi connectivity index (χ4n) is 1.19. The predicted octanol–water partition coefficient (Wildman–Crippen LogP) is 1.38. The summed E-state index contributed by atoms with van der Waals surface area (Å²) in [6, 6.07) is 0. The van der Waals surface area contributed by atoms with Crippen molar-refractivity contribution in [2.45, 2.75) is 10.3 Å². The molecule has 8 heteroatoms. The molecule has 0 aliphatic heterocycles. The van der Waals surface area contributed by atoms with Gasteiger partial charge in [-0.3, -0.25) is 0 Å². The van der Waals surface area contributed by atoms with Gasteiger partial charge in [0.25, 0.3) is 0 Å². The lowest BCUT2D eigenvalue weighted by molar-refractivity contribution is 0.789. The maximum atomic E-state index is 4.00. The SMILES string of the molecule is Cn1cnnc1SC/C=C\CSc1nncn1C. The van der Waals surface area contributed by atoms with E-state index < -0.39 is 0 Å². The van der Waals surface area contributed by atoms with Crippen LogP contribution in [-0.4, -0.2) is 41.0 Å². The van der Waals surface area contributed by atoms with Crippen LogP contribution in [0.3, 0.4) is 0 Å². The molecule has 2 heterocycles. The fraction of sp³-hybridized carbons (Fsp3) is 0.400. The zero-order valence-corrected chi connectivity index (χ0v) is 11.9. The van der Waals surface area contributed by atoms with Gasteiger partial charge in [-0.25, -0.2) is 0 Å². The number of rotatable bonds is 6. The summed E-state index contributed by atoms with van der Waals surface area (Å²) in [5, 5.41) is 17.5. The smallest absolute Gasteiger partial charge is 0.191 e. The van der Waals surface area contributed by atoms with E-state index in [2.05, 4.69) is 32.5 Å². The molecule has 0 aliphatic carbocycles. The molecule has 0 aromatic carbocycles. The highest BCUT2D eigenvalue weighted by atomic mass is 32.2. The van der Waals surface area contributed by atoms with Crippen molar-refractivity contribution in [3.63, 3.8) is 0 Å². The average Bonchev–Trinajstić information content (AvgIpc) is 2.94. The summed E-state index contributed by atoms with van der Waals surface area (Å²) in [4.78, 5) is 0. The summed E-state index contributed by atoms with van der Waals surface area (Å²) in [6.45, 7) is 0. The van der Waals surface area contributed by atoms with Gasteiger partial charge in [0.15, 0.2) is 10.3 Å². The van der Waals surface area contributed by atoms with E-state index in [0.29, 0.717) is 0 Å². The van der Waals surface area contributed by atoms with Gasteiger partial charge < -0.3 is 9.13 Å². The molecule has 0 aliphatic rings. The van der Waals surface area contributed by atoms with Crippen LogP contribution in [0.5, 0.6) is 0 Å². The molecule has 0 bridgehead atoms. The summed E-state index contributed by atoms with van der Waals surface area (Å²) in [6.07, 6.45) is 7.66. The highest BCUT2D eigenvalue weighted by molar-refractivity contribution is 7.99. The number of hydrogen-bond donors (Lipinski definition) is 0. The fourth-order valence-corrected chi connectivity index (χ4v) is 2.66. The maximum absolute atomic E-state index is 4.00. The Morgan fingerprint density at radius 2 is 1.39 bits per heavy atom. The molecule has 0 N–H and O–H groups in total. The minimum Gasteiger partial charge on any atom is -0.312 e. The highest BCUT2D eigenvalue weighted by Crippen LogP contribution is 2.15. The Morgan fingerprint density at radius 1 is 0.944 bits per heavy atom. The van der Waals surface area contributed by atoms with Crippen molar-refractivity contribution in [2.24, 2.45) is 14.1 Å². The molecule has 96 valence electrons. The van der Waals surface area contributed by atoms with E-state index in [0.717, 1.165) is 21.8 Å². The van der Waals surface area contributed by atoms with E-state index in [9.17, 15) is 0 Å². The Balaban J connectivity index is 1.67. The van der Waals surface area contributed by atoms with Gasteiger partial charge in [-0.15, -0.1) is 20.4 Å². The van der Waals surface area contributed by atoms with E-state index >= 15 is 0 Å². The minimum atomic E-state index is 0.895. The van der Waals surface area contributed by atoms with Crippen molar-refractivity contribution in [3.05, 3.63) is 24.8 Å². The lowest BCUT2D eigenvalue weighted by Gasteiger charge is -1.97. The summed E-state index contributed by atoms with van der Waals surface area (Å²) < 4.78 is 3.82. The van der Waals surface area contributed by atoms with Crippen LogP contribution in [0.25, 0.3) is 0 Å². The van der Waals surface area contributed by atoms with E-state index in [-0.39, 0.29) is 0 Å². The highest BCUT2D eigenvalue weighted by Gasteiger charge is 1.99. The molecule has 18 heavy (non-hydrogen) atoms. The van der Waals surface area contributed by atoms with Crippen molar-refractivity contribution < 1.29 is 0 Å². The molecule has 0 saturated carbocycles. The molecule has 2 rings (SSSR count). The second kappa shape index (κ2) is 6.60. The van der Waals surface area contributed by atoms with Crippen LogP contribution in [-0.2, 0) is 14.1 Å². The molecule has 0 unspecified atom stereocenters. The van der Waals surface area contributed by atoms with Crippen LogP contribution in [0.2, 0.25) is 0 Å². The van der Waals surface area contributed by atoms with Crippen LogP contribution >= 0.6 is 23.5 Å². The lowest BCUT2D eigenvalue weighted by atomic mass is 10.6. The number of hydrogen-bond acceptors (Lipinski definition) is 6. The Hall–Kier alpha value is -1.28. The van der Waals surface area contributed by atoms with Crippen molar-refractivity contribution in [1.82, 2.24) is 29.5 Å². The molecular weight excluding hydrogens is 268 g/mol. The van der Waals surface area contributed by atoms with Gasteiger partial charge in [0, 0.05) is 25.6 Å². The summed E-state index contributed by atoms with van der Waals surface area (Å²) in [5.41, 5.74) is 0. The normalized spacial score (nSPS) is 11.4. The Morgan fingerprint density at radius 3 is 1.72 bits per heavy atom. The van der Waals surface area contributed by atoms with E-state index in [1.54, 1.807) is 36.2 Å². The predicted molar refractivity (Wildman–Crippen MR) is 72.6 cm³/mol. The number of aromatic nitrogens is 6. The first-order valence-corrected chi connectivity index (χ1v) is 7.33. The Labute approximate surface area is 114 Å². The Bertz CT molecular complexity index is 472. The molecule has 0 fully saturated rings. The summed E-state index contributed by atoms with van der Waals surface area (Å²) in [5.74, 6) is 1.79. The molecule has 0 atom stereocenters. The molecule has 6 nitrogen and oxygen atoms in total. The molecular formula is C10H14N6S2. The van der Waals surface area contributed by atoms with Crippen LogP contribution in [0.4, 0.5) is 0 Å². The van der Waals surface area contributed by atoms with Gasteiger partial charge in [0.05, 0.1) is 0 Å². The number of thioether (sulfide) groups is 2. The van der Waals surface area contributed by atoms with Crippen LogP contribution < -0.4 is 0 Å². The number of aryl methyl sites for hydroxylation is 2. The van der Waals surface area contributed by atoms with Crippen molar-refractivity contribution in [2.75, 3.05) is 11.5 Å². The minimum absolute atomic E-state index is 0.895. The first-order valence-electron chi connectivity index (χ1n) is 5.36. The molecule has 2 aromatic heterocycles. The standard InChI is InChI=1S/C10H14N6S2/c1-15-7-11-13-9(15)17-5-3-4-6-18-10-14-12-8-16(10)2/h3-4,7-8H,5-6H2,1-2H3/b4-3-. The second-order valence-corrected chi connectivity index (χ2v) is 5.52. The lowest BCUT2D eigenvalue weighted by Crippen LogP contribution is -1.89. The van der Waals surface area contributed by atoms with Crippen LogP contribution in [0.15, 0.2) is 35.1 Å². The molecule has 0 amide bonds. The second-order valence-electron chi connectivity index (χ2n) is 3.54. The first-order chi connectivity index (χ1) is 8.77. The number of nitrogens with zero attached hydrogens (tertiary/aromatic N) is 6. The molecule has 0 radical (unpaired) electrons. The largest absolute Gasteiger partial charge is 0.312 e. The van der Waals surface area contributed by atoms with Crippen molar-refractivity contribution >= 4 is 23.5 Å². The third kappa shape index (κ3) is 3.61. The zero-order valence-electron chi connectivity index (χ0n) is 10.2. The van der Waals surface area contributed by atoms with Crippen LogP contribution in [0, 0.1) is 0 Å². The van der Waals surface area contributed by atoms with Crippen molar-refractivity contribution in [3.8, 4) is 0 Å². The zero-order chi connectivity index (χ0) is 12.8. The molecule has 0 saturated heterocycles. The quantitative estimate of drug-likeness (QED) is 0.589. The van der Waals surface area contributed by atoms with Crippen LogP contribution in [0.1, 0.15) is 0 Å². The molecule has 0 spiro atoms. The summed E-state index contributed by atoms with van der Waals surface area (Å²) in [7, 11) is 3.88. The topological polar surface area (TPSA) is 61.4 Å². The van der Waals surface area contributed by atoms with E-state index in [1.807, 2.05) is 23.2 Å². The van der Waals surface area contributed by atoms with E-state index in [1.165, 1.54) is 0 Å². The van der Waals surface area contributed by atoms with Gasteiger partial charge in [0.2, 0.25) is 0 Å². The summed E-state index contributed by atoms with van der Waals surface area (Å²) >= 11 is 3.33. The van der Waals surface area contributed by atoms with Gasteiger partial charge in [0.1, 0.15) is 12.7 Å². The average molecular weight is 282 g/mol. The first kappa shape index (κ1) is 13.2.